The fourth-order valence-electron chi connectivity index (χ4n) is 3.49. The first kappa shape index (κ1) is 19.1. The lowest BCUT2D eigenvalue weighted by molar-refractivity contribution is 0.0376. The molecule has 0 bridgehead atoms. The molecule has 0 radical (unpaired) electrons. The van der Waals surface area contributed by atoms with Crippen molar-refractivity contribution in [1.29, 1.82) is 0 Å². The number of rotatable bonds is 7. The van der Waals surface area contributed by atoms with Crippen molar-refractivity contribution in [2.24, 2.45) is 0 Å². The highest BCUT2D eigenvalue weighted by Gasteiger charge is 2.15. The molecule has 0 spiro atoms. The first-order chi connectivity index (χ1) is 13.6. The molecule has 1 aromatic heterocycles. The number of hydrogen-bond acceptors (Lipinski definition) is 4. The van der Waals surface area contributed by atoms with E-state index in [-0.39, 0.29) is 0 Å². The molecule has 1 aliphatic rings. The van der Waals surface area contributed by atoms with Crippen LogP contribution in [0.5, 0.6) is 0 Å². The molecule has 7 heteroatoms. The van der Waals surface area contributed by atoms with Gasteiger partial charge >= 0.3 is 0 Å². The van der Waals surface area contributed by atoms with Crippen LogP contribution in [0.25, 0.3) is 22.0 Å². The first-order valence-electron chi connectivity index (χ1n) is 9.59. The molecule has 0 amide bonds. The molecular formula is C21H25N3O3S. The molecule has 148 valence electrons. The summed E-state index contributed by atoms with van der Waals surface area (Å²) in [6.07, 6.45) is 2.68. The summed E-state index contributed by atoms with van der Waals surface area (Å²) < 4.78 is 33.4. The minimum Gasteiger partial charge on any atom is -0.379 e. The Morgan fingerprint density at radius 2 is 1.86 bits per heavy atom. The van der Waals surface area contributed by atoms with Crippen LogP contribution in [-0.4, -0.2) is 57.7 Å². The van der Waals surface area contributed by atoms with Crippen LogP contribution in [-0.2, 0) is 14.8 Å². The van der Waals surface area contributed by atoms with Crippen molar-refractivity contribution in [1.82, 2.24) is 14.6 Å². The van der Waals surface area contributed by atoms with Crippen LogP contribution in [0.3, 0.4) is 0 Å². The zero-order chi connectivity index (χ0) is 19.4. The van der Waals surface area contributed by atoms with Crippen molar-refractivity contribution in [3.63, 3.8) is 0 Å². The molecule has 2 aromatic carbocycles. The maximum absolute atomic E-state index is 12.7. The number of morpholine rings is 1. The number of sulfonamides is 1. The Bertz CT molecular complexity index is 1040. The quantitative estimate of drug-likeness (QED) is 0.599. The molecule has 3 aromatic rings. The van der Waals surface area contributed by atoms with E-state index in [4.69, 9.17) is 4.74 Å². The van der Waals surface area contributed by atoms with E-state index in [0.717, 1.165) is 61.3 Å². The Morgan fingerprint density at radius 3 is 2.71 bits per heavy atom. The van der Waals surface area contributed by atoms with Crippen molar-refractivity contribution >= 4 is 20.9 Å². The van der Waals surface area contributed by atoms with Crippen LogP contribution >= 0.6 is 0 Å². The fourth-order valence-corrected chi connectivity index (χ4v) is 4.61. The second-order valence-corrected chi connectivity index (χ2v) is 8.78. The SMILES string of the molecule is O=S(=O)(NCCCN1CCOCC1)c1cccc(-c2ccc3cc[nH]c3c2)c1. The van der Waals surface area contributed by atoms with E-state index in [9.17, 15) is 8.42 Å². The summed E-state index contributed by atoms with van der Waals surface area (Å²) in [6, 6.07) is 15.2. The van der Waals surface area contributed by atoms with Crippen molar-refractivity contribution in [3.8, 4) is 11.1 Å². The van der Waals surface area contributed by atoms with E-state index in [0.29, 0.717) is 11.4 Å². The smallest absolute Gasteiger partial charge is 0.240 e. The van der Waals surface area contributed by atoms with Crippen molar-refractivity contribution in [3.05, 3.63) is 54.7 Å². The second-order valence-electron chi connectivity index (χ2n) is 7.01. The number of ether oxygens (including phenoxy) is 1. The molecular weight excluding hydrogens is 374 g/mol. The predicted molar refractivity (Wildman–Crippen MR) is 111 cm³/mol. The van der Waals surface area contributed by atoms with Gasteiger partial charge in [-0.2, -0.15) is 0 Å². The Balaban J connectivity index is 1.42. The number of H-pyrrole nitrogens is 1. The molecule has 2 N–H and O–H groups in total. The molecule has 1 saturated heterocycles. The van der Waals surface area contributed by atoms with E-state index in [1.54, 1.807) is 18.2 Å². The van der Waals surface area contributed by atoms with Gasteiger partial charge in [-0.05, 0) is 53.7 Å². The van der Waals surface area contributed by atoms with Gasteiger partial charge in [0, 0.05) is 31.3 Å². The average molecular weight is 400 g/mol. The van der Waals surface area contributed by atoms with Gasteiger partial charge in [-0.3, -0.25) is 4.90 Å². The number of aromatic nitrogens is 1. The van der Waals surface area contributed by atoms with E-state index < -0.39 is 10.0 Å². The standard InChI is InChI=1S/C21H25N3O3S/c25-28(26,23-8-2-10-24-11-13-27-14-12-24)20-4-1-3-18(15-20)19-6-5-17-7-9-22-21(17)16-19/h1,3-7,9,15-16,22-23H,2,8,10-14H2. The summed E-state index contributed by atoms with van der Waals surface area (Å²) in [5, 5.41) is 1.13. The van der Waals surface area contributed by atoms with Crippen LogP contribution in [0.1, 0.15) is 6.42 Å². The Labute approximate surface area is 165 Å². The highest BCUT2D eigenvalue weighted by atomic mass is 32.2. The van der Waals surface area contributed by atoms with Crippen LogP contribution in [0.15, 0.2) is 59.6 Å². The van der Waals surface area contributed by atoms with Gasteiger partial charge in [-0.15, -0.1) is 0 Å². The summed E-state index contributed by atoms with van der Waals surface area (Å²) in [7, 11) is -3.53. The first-order valence-corrected chi connectivity index (χ1v) is 11.1. The Kier molecular flexibility index (Phi) is 5.77. The number of aromatic amines is 1. The molecule has 4 rings (SSSR count). The minimum absolute atomic E-state index is 0.294. The summed E-state index contributed by atoms with van der Waals surface area (Å²) in [4.78, 5) is 5.79. The van der Waals surface area contributed by atoms with Gasteiger partial charge in [0.25, 0.3) is 0 Å². The van der Waals surface area contributed by atoms with Gasteiger partial charge in [0.2, 0.25) is 10.0 Å². The summed E-state index contributed by atoms with van der Waals surface area (Å²) in [5.74, 6) is 0. The maximum Gasteiger partial charge on any atom is 0.240 e. The number of hydrogen-bond donors (Lipinski definition) is 2. The van der Waals surface area contributed by atoms with E-state index in [1.807, 2.05) is 36.5 Å². The highest BCUT2D eigenvalue weighted by Crippen LogP contribution is 2.25. The molecule has 0 atom stereocenters. The van der Waals surface area contributed by atoms with Crippen molar-refractivity contribution < 1.29 is 13.2 Å². The molecule has 0 unspecified atom stereocenters. The van der Waals surface area contributed by atoms with Gasteiger partial charge in [0.1, 0.15) is 0 Å². The lowest BCUT2D eigenvalue weighted by Crippen LogP contribution is -2.38. The molecule has 0 saturated carbocycles. The van der Waals surface area contributed by atoms with Crippen molar-refractivity contribution in [2.45, 2.75) is 11.3 Å². The third-order valence-corrected chi connectivity index (χ3v) is 6.54. The largest absolute Gasteiger partial charge is 0.379 e. The highest BCUT2D eigenvalue weighted by molar-refractivity contribution is 7.89. The van der Waals surface area contributed by atoms with Crippen LogP contribution < -0.4 is 4.72 Å². The van der Waals surface area contributed by atoms with Crippen LogP contribution in [0.2, 0.25) is 0 Å². The van der Waals surface area contributed by atoms with Gasteiger partial charge < -0.3 is 9.72 Å². The number of nitrogens with one attached hydrogen (secondary N) is 2. The fraction of sp³-hybridized carbons (Fsp3) is 0.333. The third kappa shape index (κ3) is 4.44. The zero-order valence-corrected chi connectivity index (χ0v) is 16.5. The van der Waals surface area contributed by atoms with Gasteiger partial charge in [-0.25, -0.2) is 13.1 Å². The summed E-state index contributed by atoms with van der Waals surface area (Å²) >= 11 is 0. The van der Waals surface area contributed by atoms with Crippen LogP contribution in [0, 0.1) is 0 Å². The maximum atomic E-state index is 12.7. The predicted octanol–water partition coefficient (Wildman–Crippen LogP) is 2.84. The average Bonchev–Trinajstić information content (AvgIpc) is 3.20. The van der Waals surface area contributed by atoms with E-state index in [2.05, 4.69) is 14.6 Å². The van der Waals surface area contributed by atoms with Gasteiger partial charge in [-0.1, -0.05) is 24.3 Å². The second kappa shape index (κ2) is 8.45. The van der Waals surface area contributed by atoms with Gasteiger partial charge in [0.05, 0.1) is 18.1 Å². The molecule has 28 heavy (non-hydrogen) atoms. The Morgan fingerprint density at radius 1 is 1.04 bits per heavy atom. The lowest BCUT2D eigenvalue weighted by atomic mass is 10.0. The number of nitrogens with zero attached hydrogens (tertiary/aromatic N) is 1. The zero-order valence-electron chi connectivity index (χ0n) is 15.7. The molecule has 2 heterocycles. The number of fused-ring (bicyclic) bond motifs is 1. The molecule has 0 aliphatic carbocycles. The van der Waals surface area contributed by atoms with Crippen molar-refractivity contribution in [2.75, 3.05) is 39.4 Å². The summed E-state index contributed by atoms with van der Waals surface area (Å²) in [6.45, 7) is 4.65. The summed E-state index contributed by atoms with van der Waals surface area (Å²) in [5.41, 5.74) is 2.90. The van der Waals surface area contributed by atoms with E-state index in [1.165, 1.54) is 0 Å². The third-order valence-electron chi connectivity index (χ3n) is 5.08. The van der Waals surface area contributed by atoms with Crippen LogP contribution in [0.4, 0.5) is 0 Å². The van der Waals surface area contributed by atoms with Gasteiger partial charge in [0.15, 0.2) is 0 Å². The normalized spacial score (nSPS) is 15.9. The molecule has 6 nitrogen and oxygen atoms in total. The Hall–Kier alpha value is -2.19. The topological polar surface area (TPSA) is 74.4 Å². The monoisotopic (exact) mass is 399 g/mol. The lowest BCUT2D eigenvalue weighted by Gasteiger charge is -2.26. The molecule has 1 fully saturated rings. The van der Waals surface area contributed by atoms with E-state index >= 15 is 0 Å². The molecule has 1 aliphatic heterocycles. The minimum atomic E-state index is -3.53. The number of benzene rings is 2.